The number of ether oxygens (including phenoxy) is 1. The first-order valence-electron chi connectivity index (χ1n) is 7.02. The van der Waals surface area contributed by atoms with E-state index >= 15 is 0 Å². The van der Waals surface area contributed by atoms with Gasteiger partial charge < -0.3 is 9.64 Å². The molecule has 1 aromatic heterocycles. The van der Waals surface area contributed by atoms with E-state index in [1.807, 2.05) is 0 Å². The van der Waals surface area contributed by atoms with Crippen LogP contribution in [0, 0.1) is 0 Å². The molecule has 1 aromatic rings. The SMILES string of the molecule is COc1nccc(NC(=O)N2CCN(CC(F)(F)F)C(C)C2)n1. The van der Waals surface area contributed by atoms with Crippen molar-refractivity contribution < 1.29 is 22.7 Å². The van der Waals surface area contributed by atoms with Gasteiger partial charge in [-0.3, -0.25) is 10.2 Å². The summed E-state index contributed by atoms with van der Waals surface area (Å²) in [5.74, 6) is 0.271. The summed E-state index contributed by atoms with van der Waals surface area (Å²) in [5, 5.41) is 2.59. The summed E-state index contributed by atoms with van der Waals surface area (Å²) in [7, 11) is 1.41. The number of nitrogens with zero attached hydrogens (tertiary/aromatic N) is 4. The highest BCUT2D eigenvalue weighted by Crippen LogP contribution is 2.20. The number of carbonyl (C=O) groups excluding carboxylic acids is 1. The predicted octanol–water partition coefficient (Wildman–Crippen LogP) is 1.59. The number of rotatable bonds is 3. The van der Waals surface area contributed by atoms with Crippen LogP contribution >= 0.6 is 0 Å². The standard InChI is InChI=1S/C13H18F3N5O2/c1-9-7-20(5-6-21(9)8-13(14,15)16)12(22)19-10-3-4-17-11(18-10)23-2/h3-4,9H,5-8H2,1-2H3,(H,17,18,19,22). The molecule has 0 radical (unpaired) electrons. The number of alkyl halides is 3. The van der Waals surface area contributed by atoms with Gasteiger partial charge in [0.15, 0.2) is 0 Å². The zero-order valence-electron chi connectivity index (χ0n) is 12.8. The van der Waals surface area contributed by atoms with Crippen LogP contribution in [0.5, 0.6) is 6.01 Å². The summed E-state index contributed by atoms with van der Waals surface area (Å²) in [6.45, 7) is 1.30. The van der Waals surface area contributed by atoms with E-state index in [-0.39, 0.29) is 37.5 Å². The van der Waals surface area contributed by atoms with Crippen LogP contribution in [-0.2, 0) is 0 Å². The number of methoxy groups -OCH3 is 1. The van der Waals surface area contributed by atoms with E-state index in [1.165, 1.54) is 29.2 Å². The van der Waals surface area contributed by atoms with Crippen molar-refractivity contribution in [3.8, 4) is 6.01 Å². The Morgan fingerprint density at radius 2 is 2.22 bits per heavy atom. The molecule has 1 saturated heterocycles. The lowest BCUT2D eigenvalue weighted by Crippen LogP contribution is -2.56. The molecule has 0 aliphatic carbocycles. The summed E-state index contributed by atoms with van der Waals surface area (Å²) >= 11 is 0. The van der Waals surface area contributed by atoms with Gasteiger partial charge in [-0.1, -0.05) is 0 Å². The largest absolute Gasteiger partial charge is 0.467 e. The van der Waals surface area contributed by atoms with E-state index in [0.29, 0.717) is 0 Å². The van der Waals surface area contributed by atoms with E-state index in [0.717, 1.165) is 0 Å². The molecule has 2 rings (SSSR count). The van der Waals surface area contributed by atoms with Gasteiger partial charge in [-0.25, -0.2) is 9.78 Å². The maximum absolute atomic E-state index is 12.5. The molecule has 0 spiro atoms. The Morgan fingerprint density at radius 3 is 2.83 bits per heavy atom. The number of anilines is 1. The minimum atomic E-state index is -4.24. The van der Waals surface area contributed by atoms with Gasteiger partial charge >= 0.3 is 18.2 Å². The number of amides is 2. The number of carbonyl (C=O) groups is 1. The molecule has 1 unspecified atom stereocenters. The monoisotopic (exact) mass is 333 g/mol. The highest BCUT2D eigenvalue weighted by molar-refractivity contribution is 5.88. The zero-order valence-corrected chi connectivity index (χ0v) is 12.8. The van der Waals surface area contributed by atoms with Gasteiger partial charge in [0.25, 0.3) is 0 Å². The van der Waals surface area contributed by atoms with Crippen molar-refractivity contribution in [2.24, 2.45) is 0 Å². The number of nitrogens with one attached hydrogen (secondary N) is 1. The van der Waals surface area contributed by atoms with Gasteiger partial charge in [0.1, 0.15) is 5.82 Å². The fourth-order valence-electron chi connectivity index (χ4n) is 2.34. The van der Waals surface area contributed by atoms with Crippen LogP contribution in [0.15, 0.2) is 12.3 Å². The number of halogens is 3. The molecule has 0 aromatic carbocycles. The molecule has 1 N–H and O–H groups in total. The second-order valence-corrected chi connectivity index (χ2v) is 5.24. The van der Waals surface area contributed by atoms with Gasteiger partial charge in [0.05, 0.1) is 13.7 Å². The maximum atomic E-state index is 12.5. The van der Waals surface area contributed by atoms with Gasteiger partial charge in [-0.05, 0) is 13.0 Å². The number of aromatic nitrogens is 2. The molecule has 2 heterocycles. The van der Waals surface area contributed by atoms with Gasteiger partial charge in [0.2, 0.25) is 0 Å². The van der Waals surface area contributed by atoms with Crippen LogP contribution in [0.25, 0.3) is 0 Å². The Bertz CT molecular complexity index is 555. The fraction of sp³-hybridized carbons (Fsp3) is 0.615. The minimum absolute atomic E-state index is 0.117. The van der Waals surface area contributed by atoms with Crippen molar-refractivity contribution >= 4 is 11.8 Å². The average Bonchev–Trinajstić information content (AvgIpc) is 2.48. The Morgan fingerprint density at radius 1 is 1.48 bits per heavy atom. The number of urea groups is 1. The second-order valence-electron chi connectivity index (χ2n) is 5.24. The Hall–Kier alpha value is -2.10. The summed E-state index contributed by atoms with van der Waals surface area (Å²) in [6, 6.07) is 0.829. The number of hydrogen-bond acceptors (Lipinski definition) is 5. The predicted molar refractivity (Wildman–Crippen MR) is 76.3 cm³/mol. The van der Waals surface area contributed by atoms with E-state index in [9.17, 15) is 18.0 Å². The molecular formula is C13H18F3N5O2. The van der Waals surface area contributed by atoms with E-state index in [1.54, 1.807) is 6.92 Å². The zero-order chi connectivity index (χ0) is 17.0. The van der Waals surface area contributed by atoms with Crippen LogP contribution in [0.2, 0.25) is 0 Å². The van der Waals surface area contributed by atoms with Crippen molar-refractivity contribution in [3.63, 3.8) is 0 Å². The average molecular weight is 333 g/mol. The van der Waals surface area contributed by atoms with Crippen molar-refractivity contribution in [1.82, 2.24) is 19.8 Å². The molecule has 1 atom stereocenters. The van der Waals surface area contributed by atoms with Crippen molar-refractivity contribution in [3.05, 3.63) is 12.3 Å². The topological polar surface area (TPSA) is 70.6 Å². The maximum Gasteiger partial charge on any atom is 0.401 e. The highest BCUT2D eigenvalue weighted by atomic mass is 19.4. The first kappa shape index (κ1) is 17.3. The van der Waals surface area contributed by atoms with E-state index < -0.39 is 18.8 Å². The van der Waals surface area contributed by atoms with Gasteiger partial charge in [-0.15, -0.1) is 0 Å². The third-order valence-corrected chi connectivity index (χ3v) is 3.49. The number of hydrogen-bond donors (Lipinski definition) is 1. The normalized spacial score (nSPS) is 19.5. The third kappa shape index (κ3) is 4.95. The lowest BCUT2D eigenvalue weighted by molar-refractivity contribution is -0.153. The summed E-state index contributed by atoms with van der Waals surface area (Å²) in [6.07, 6.45) is -2.80. The molecule has 1 aliphatic rings. The summed E-state index contributed by atoms with van der Waals surface area (Å²) in [5.41, 5.74) is 0. The molecule has 128 valence electrons. The van der Waals surface area contributed by atoms with Crippen LogP contribution in [0.4, 0.5) is 23.8 Å². The molecule has 1 aliphatic heterocycles. The summed E-state index contributed by atoms with van der Waals surface area (Å²) < 4.78 is 42.3. The molecule has 10 heteroatoms. The van der Waals surface area contributed by atoms with Crippen LogP contribution < -0.4 is 10.1 Å². The van der Waals surface area contributed by atoms with Crippen LogP contribution in [-0.4, -0.2) is 71.3 Å². The highest BCUT2D eigenvalue weighted by Gasteiger charge is 2.35. The van der Waals surface area contributed by atoms with Crippen molar-refractivity contribution in [1.29, 1.82) is 0 Å². The quantitative estimate of drug-likeness (QED) is 0.909. The van der Waals surface area contributed by atoms with Gasteiger partial charge in [0, 0.05) is 31.9 Å². The lowest BCUT2D eigenvalue weighted by Gasteiger charge is -2.39. The van der Waals surface area contributed by atoms with Crippen LogP contribution in [0.1, 0.15) is 6.92 Å². The fourth-order valence-corrected chi connectivity index (χ4v) is 2.34. The first-order valence-corrected chi connectivity index (χ1v) is 7.02. The van der Waals surface area contributed by atoms with Crippen LogP contribution in [0.3, 0.4) is 0 Å². The first-order chi connectivity index (χ1) is 10.8. The molecule has 0 saturated carbocycles. The van der Waals surface area contributed by atoms with Crippen molar-refractivity contribution in [2.45, 2.75) is 19.1 Å². The number of piperazine rings is 1. The van der Waals surface area contributed by atoms with E-state index in [4.69, 9.17) is 4.74 Å². The molecule has 2 amide bonds. The smallest absolute Gasteiger partial charge is 0.401 e. The molecule has 23 heavy (non-hydrogen) atoms. The summed E-state index contributed by atoms with van der Waals surface area (Å²) in [4.78, 5) is 22.7. The third-order valence-electron chi connectivity index (χ3n) is 3.49. The minimum Gasteiger partial charge on any atom is -0.467 e. The Labute approximate surface area is 131 Å². The molecular weight excluding hydrogens is 315 g/mol. The van der Waals surface area contributed by atoms with Crippen molar-refractivity contribution in [2.75, 3.05) is 38.6 Å². The van der Waals surface area contributed by atoms with E-state index in [2.05, 4.69) is 15.3 Å². The Balaban J connectivity index is 1.92. The molecule has 7 nitrogen and oxygen atoms in total. The second kappa shape index (κ2) is 6.99. The van der Waals surface area contributed by atoms with Gasteiger partial charge in [-0.2, -0.15) is 18.2 Å². The molecule has 1 fully saturated rings. The Kier molecular flexibility index (Phi) is 5.24. The lowest BCUT2D eigenvalue weighted by atomic mass is 10.2. The molecule has 0 bridgehead atoms.